The molecule has 0 unspecified atom stereocenters. The van der Waals surface area contributed by atoms with Gasteiger partial charge in [0.1, 0.15) is 0 Å². The van der Waals surface area contributed by atoms with Crippen molar-refractivity contribution in [2.45, 2.75) is 39.2 Å². The molecule has 0 radical (unpaired) electrons. The van der Waals surface area contributed by atoms with Crippen LogP contribution < -0.4 is 4.90 Å². The van der Waals surface area contributed by atoms with Gasteiger partial charge in [0, 0.05) is 58.2 Å². The second-order valence-electron chi connectivity index (χ2n) is 11.3. The van der Waals surface area contributed by atoms with E-state index in [1.165, 1.54) is 75.0 Å². The summed E-state index contributed by atoms with van der Waals surface area (Å²) in [7, 11) is 2.18. The van der Waals surface area contributed by atoms with Crippen LogP contribution in [0.3, 0.4) is 0 Å². The van der Waals surface area contributed by atoms with Gasteiger partial charge in [0.15, 0.2) is 0 Å². The minimum atomic E-state index is 1.03. The van der Waals surface area contributed by atoms with Gasteiger partial charge < -0.3 is 14.0 Å². The molecular weight excluding hydrogens is 543 g/mol. The van der Waals surface area contributed by atoms with Gasteiger partial charge in [0.05, 0.1) is 10.6 Å². The van der Waals surface area contributed by atoms with Crippen LogP contribution in [0.5, 0.6) is 0 Å². The smallest absolute Gasteiger partial charge is 0.0584 e. The van der Waals surface area contributed by atoms with Crippen LogP contribution >= 0.6 is 11.3 Å². The predicted octanol–water partition coefficient (Wildman–Crippen LogP) is 11.6. The van der Waals surface area contributed by atoms with E-state index in [1.54, 1.807) is 11.3 Å². The van der Waals surface area contributed by atoms with Gasteiger partial charge in [-0.1, -0.05) is 74.7 Å². The standard InChI is InChI=1S/C39H37N3S/c1-3-4-5-12-25-41-36-21-19-29(35-23-24-38(40(35)2)39-18-13-26-43-39)27-33(36)34-28-32(20-22-37(34)41)42(30-14-8-6-9-15-30)31-16-10-7-11-17-31/h6-11,13-24,26-28H,3-5,12,25H2,1-2H3. The predicted molar refractivity (Wildman–Crippen MR) is 186 cm³/mol. The van der Waals surface area contributed by atoms with E-state index in [0.29, 0.717) is 0 Å². The average molecular weight is 580 g/mol. The van der Waals surface area contributed by atoms with Crippen LogP contribution in [0.2, 0.25) is 0 Å². The van der Waals surface area contributed by atoms with Crippen LogP contribution in [0.25, 0.3) is 43.6 Å². The van der Waals surface area contributed by atoms with Crippen molar-refractivity contribution in [3.05, 3.63) is 127 Å². The lowest BCUT2D eigenvalue weighted by Gasteiger charge is -2.25. The molecule has 3 nitrogen and oxygen atoms in total. The molecule has 214 valence electrons. The molecule has 0 aliphatic rings. The highest BCUT2D eigenvalue weighted by molar-refractivity contribution is 7.13. The van der Waals surface area contributed by atoms with Crippen molar-refractivity contribution in [1.82, 2.24) is 9.13 Å². The van der Waals surface area contributed by atoms with E-state index in [0.717, 1.165) is 17.9 Å². The third-order valence-corrected chi connectivity index (χ3v) is 9.45. The largest absolute Gasteiger partial charge is 0.343 e. The molecule has 3 aromatic heterocycles. The Hall–Kier alpha value is -4.54. The summed E-state index contributed by atoms with van der Waals surface area (Å²) >= 11 is 1.79. The van der Waals surface area contributed by atoms with Crippen molar-refractivity contribution in [1.29, 1.82) is 0 Å². The number of fused-ring (bicyclic) bond motifs is 3. The van der Waals surface area contributed by atoms with E-state index in [2.05, 4.69) is 155 Å². The van der Waals surface area contributed by atoms with Crippen LogP contribution in [0.1, 0.15) is 32.6 Å². The Morgan fingerprint density at radius 1 is 0.605 bits per heavy atom. The highest BCUT2D eigenvalue weighted by Gasteiger charge is 2.18. The summed E-state index contributed by atoms with van der Waals surface area (Å²) in [5, 5.41) is 4.76. The minimum absolute atomic E-state index is 1.03. The summed E-state index contributed by atoms with van der Waals surface area (Å²) in [5.41, 5.74) is 9.83. The number of para-hydroxylation sites is 2. The zero-order valence-electron chi connectivity index (χ0n) is 24.9. The molecule has 0 spiro atoms. The molecule has 0 fully saturated rings. The molecule has 0 aliphatic carbocycles. The molecule has 0 amide bonds. The SMILES string of the molecule is CCCCCCn1c2ccc(-c3ccc(-c4cccs4)n3C)cc2c2cc(N(c3ccccc3)c3ccccc3)ccc21. The molecule has 7 rings (SSSR count). The van der Waals surface area contributed by atoms with Gasteiger partial charge in [-0.2, -0.15) is 0 Å². The van der Waals surface area contributed by atoms with Crippen molar-refractivity contribution in [3.8, 4) is 21.8 Å². The van der Waals surface area contributed by atoms with E-state index in [4.69, 9.17) is 0 Å². The Kier molecular flexibility index (Phi) is 7.61. The van der Waals surface area contributed by atoms with Crippen LogP contribution in [-0.2, 0) is 13.6 Å². The molecule has 0 saturated heterocycles. The Morgan fingerprint density at radius 2 is 1.28 bits per heavy atom. The summed E-state index contributed by atoms with van der Waals surface area (Å²) in [6, 6.07) is 44.3. The molecule has 0 saturated carbocycles. The van der Waals surface area contributed by atoms with E-state index >= 15 is 0 Å². The van der Waals surface area contributed by atoms with Crippen molar-refractivity contribution >= 4 is 50.2 Å². The van der Waals surface area contributed by atoms with Crippen molar-refractivity contribution < 1.29 is 0 Å². The highest BCUT2D eigenvalue weighted by atomic mass is 32.1. The Balaban J connectivity index is 1.39. The molecule has 4 heteroatoms. The third kappa shape index (κ3) is 5.17. The van der Waals surface area contributed by atoms with E-state index in [1.807, 2.05) is 0 Å². The average Bonchev–Trinajstić information content (AvgIpc) is 3.79. The number of thiophene rings is 1. The highest BCUT2D eigenvalue weighted by Crippen LogP contribution is 2.40. The molecule has 3 heterocycles. The fraction of sp³-hybridized carbons (Fsp3) is 0.179. The van der Waals surface area contributed by atoms with Gasteiger partial charge >= 0.3 is 0 Å². The quantitative estimate of drug-likeness (QED) is 0.147. The molecule has 0 aliphatic heterocycles. The fourth-order valence-corrected chi connectivity index (χ4v) is 7.19. The second kappa shape index (κ2) is 12.0. The maximum absolute atomic E-state index is 2.55. The van der Waals surface area contributed by atoms with Crippen molar-refractivity contribution in [2.75, 3.05) is 4.90 Å². The van der Waals surface area contributed by atoms with Crippen LogP contribution in [0, 0.1) is 0 Å². The van der Waals surface area contributed by atoms with E-state index < -0.39 is 0 Å². The molecule has 0 bridgehead atoms. The zero-order chi connectivity index (χ0) is 29.2. The lowest BCUT2D eigenvalue weighted by molar-refractivity contribution is 0.602. The number of aryl methyl sites for hydroxylation is 1. The van der Waals surface area contributed by atoms with Gasteiger partial charge in [0.25, 0.3) is 0 Å². The Bertz CT molecular complexity index is 1920. The molecule has 4 aromatic carbocycles. The first-order chi connectivity index (χ1) is 21.2. The molecule has 0 atom stereocenters. The van der Waals surface area contributed by atoms with Crippen molar-refractivity contribution in [3.63, 3.8) is 0 Å². The first kappa shape index (κ1) is 27.3. The number of hydrogen-bond donors (Lipinski definition) is 0. The monoisotopic (exact) mass is 579 g/mol. The van der Waals surface area contributed by atoms with Gasteiger partial charge in [-0.05, 0) is 90.2 Å². The summed E-state index contributed by atoms with van der Waals surface area (Å²) < 4.78 is 4.88. The first-order valence-electron chi connectivity index (χ1n) is 15.4. The lowest BCUT2D eigenvalue weighted by Crippen LogP contribution is -2.09. The van der Waals surface area contributed by atoms with E-state index in [9.17, 15) is 0 Å². The minimum Gasteiger partial charge on any atom is -0.343 e. The number of hydrogen-bond acceptors (Lipinski definition) is 2. The lowest BCUT2D eigenvalue weighted by atomic mass is 10.1. The van der Waals surface area contributed by atoms with Crippen LogP contribution in [-0.4, -0.2) is 9.13 Å². The maximum Gasteiger partial charge on any atom is 0.0584 e. The molecular formula is C39H37N3S. The molecule has 0 N–H and O–H groups in total. The van der Waals surface area contributed by atoms with Crippen molar-refractivity contribution in [2.24, 2.45) is 7.05 Å². The van der Waals surface area contributed by atoms with E-state index in [-0.39, 0.29) is 0 Å². The topological polar surface area (TPSA) is 13.1 Å². The number of anilines is 3. The number of benzene rings is 4. The number of nitrogens with zero attached hydrogens (tertiary/aromatic N) is 3. The third-order valence-electron chi connectivity index (χ3n) is 8.56. The summed E-state index contributed by atoms with van der Waals surface area (Å²) in [5.74, 6) is 0. The number of aromatic nitrogens is 2. The zero-order valence-corrected chi connectivity index (χ0v) is 25.7. The summed E-state index contributed by atoms with van der Waals surface area (Å²) in [6.45, 7) is 3.31. The van der Waals surface area contributed by atoms with Gasteiger partial charge in [-0.3, -0.25) is 0 Å². The number of rotatable bonds is 10. The normalized spacial score (nSPS) is 11.5. The summed E-state index contributed by atoms with van der Waals surface area (Å²) in [6.07, 6.45) is 4.99. The second-order valence-corrected chi connectivity index (χ2v) is 12.2. The van der Waals surface area contributed by atoms with Gasteiger partial charge in [-0.15, -0.1) is 11.3 Å². The fourth-order valence-electron chi connectivity index (χ4n) is 6.40. The summed E-state index contributed by atoms with van der Waals surface area (Å²) in [4.78, 5) is 3.66. The van der Waals surface area contributed by atoms with Crippen LogP contribution in [0.4, 0.5) is 17.1 Å². The molecule has 7 aromatic rings. The Morgan fingerprint density at radius 3 is 1.95 bits per heavy atom. The van der Waals surface area contributed by atoms with Gasteiger partial charge in [0.2, 0.25) is 0 Å². The van der Waals surface area contributed by atoms with Gasteiger partial charge in [-0.25, -0.2) is 0 Å². The maximum atomic E-state index is 2.55. The first-order valence-corrected chi connectivity index (χ1v) is 16.3. The molecule has 43 heavy (non-hydrogen) atoms. The number of unbranched alkanes of at least 4 members (excludes halogenated alkanes) is 3. The Labute approximate surface area is 258 Å². The van der Waals surface area contributed by atoms with Crippen LogP contribution in [0.15, 0.2) is 127 Å².